The normalized spacial score (nSPS) is 10.7. The zero-order chi connectivity index (χ0) is 20.8. The average molecular weight is 437 g/mol. The van der Waals surface area contributed by atoms with Gasteiger partial charge in [0.2, 0.25) is 5.91 Å². The van der Waals surface area contributed by atoms with E-state index in [1.807, 2.05) is 76.7 Å². The zero-order valence-corrected chi connectivity index (χ0v) is 18.0. The van der Waals surface area contributed by atoms with Gasteiger partial charge in [-0.3, -0.25) is 9.36 Å². The zero-order valence-electron chi connectivity index (χ0n) is 16.3. The summed E-state index contributed by atoms with van der Waals surface area (Å²) in [6, 6.07) is 21.5. The lowest BCUT2D eigenvalue weighted by molar-refractivity contribution is -0.118. The minimum absolute atomic E-state index is 0.0592. The number of hydrogen-bond donors (Lipinski definition) is 1. The van der Waals surface area contributed by atoms with Crippen molar-refractivity contribution in [3.63, 3.8) is 0 Å². The first kappa shape index (κ1) is 20.2. The molecule has 0 saturated carbocycles. The number of ether oxygens (including phenoxy) is 1. The quantitative estimate of drug-likeness (QED) is 0.414. The molecule has 6 nitrogen and oxygen atoms in total. The molecule has 0 aliphatic carbocycles. The van der Waals surface area contributed by atoms with Crippen molar-refractivity contribution in [3.8, 4) is 22.1 Å². The van der Waals surface area contributed by atoms with E-state index < -0.39 is 0 Å². The molecular weight excluding hydrogens is 416 g/mol. The van der Waals surface area contributed by atoms with Crippen LogP contribution < -0.4 is 10.1 Å². The summed E-state index contributed by atoms with van der Waals surface area (Å²) < 4.78 is 7.49. The molecule has 152 valence electrons. The number of amides is 1. The van der Waals surface area contributed by atoms with E-state index in [4.69, 9.17) is 4.74 Å². The minimum atomic E-state index is -0.0592. The van der Waals surface area contributed by atoms with Crippen molar-refractivity contribution in [2.75, 3.05) is 12.9 Å². The molecule has 1 amide bonds. The van der Waals surface area contributed by atoms with E-state index in [0.717, 1.165) is 22.0 Å². The molecule has 0 aliphatic heterocycles. The summed E-state index contributed by atoms with van der Waals surface area (Å²) >= 11 is 2.94. The van der Waals surface area contributed by atoms with Crippen molar-refractivity contribution >= 4 is 29.0 Å². The molecule has 8 heteroatoms. The highest BCUT2D eigenvalue weighted by Crippen LogP contribution is 2.33. The number of nitrogens with one attached hydrogen (secondary N) is 1. The number of carbonyl (C=O) groups is 1. The van der Waals surface area contributed by atoms with E-state index in [9.17, 15) is 4.79 Å². The van der Waals surface area contributed by atoms with Crippen LogP contribution >= 0.6 is 23.1 Å². The van der Waals surface area contributed by atoms with Crippen LogP contribution in [0.15, 0.2) is 77.3 Å². The maximum Gasteiger partial charge on any atom is 0.230 e. The third-order valence-electron chi connectivity index (χ3n) is 4.37. The number of benzene rings is 2. The van der Waals surface area contributed by atoms with Crippen molar-refractivity contribution < 1.29 is 9.53 Å². The van der Waals surface area contributed by atoms with Gasteiger partial charge in [-0.1, -0.05) is 60.3 Å². The number of carbonyl (C=O) groups excluding carboxylic acids is 1. The second-order valence-electron chi connectivity index (χ2n) is 6.34. The van der Waals surface area contributed by atoms with Gasteiger partial charge in [0.05, 0.1) is 23.4 Å². The van der Waals surface area contributed by atoms with Gasteiger partial charge in [0.15, 0.2) is 11.0 Å². The molecule has 30 heavy (non-hydrogen) atoms. The van der Waals surface area contributed by atoms with Crippen LogP contribution in [0.4, 0.5) is 0 Å². The Hall–Kier alpha value is -3.10. The molecule has 1 N–H and O–H groups in total. The third-order valence-corrected chi connectivity index (χ3v) is 6.16. The average Bonchev–Trinajstić information content (AvgIpc) is 3.46. The molecule has 0 spiro atoms. The Morgan fingerprint density at radius 3 is 2.63 bits per heavy atom. The first-order valence-corrected chi connectivity index (χ1v) is 11.2. The smallest absolute Gasteiger partial charge is 0.230 e. The lowest BCUT2D eigenvalue weighted by Gasteiger charge is -2.13. The summed E-state index contributed by atoms with van der Waals surface area (Å²) in [6.07, 6.45) is 0. The lowest BCUT2D eigenvalue weighted by Crippen LogP contribution is -2.24. The van der Waals surface area contributed by atoms with E-state index in [2.05, 4.69) is 15.5 Å². The fraction of sp³-hybridized carbons (Fsp3) is 0.136. The van der Waals surface area contributed by atoms with Gasteiger partial charge in [-0.25, -0.2) is 0 Å². The van der Waals surface area contributed by atoms with E-state index in [-0.39, 0.29) is 11.7 Å². The van der Waals surface area contributed by atoms with E-state index in [0.29, 0.717) is 17.5 Å². The number of thioether (sulfide) groups is 1. The van der Waals surface area contributed by atoms with Crippen LogP contribution in [0.1, 0.15) is 5.56 Å². The van der Waals surface area contributed by atoms with Gasteiger partial charge in [0.25, 0.3) is 0 Å². The van der Waals surface area contributed by atoms with E-state index >= 15 is 0 Å². The van der Waals surface area contributed by atoms with Crippen molar-refractivity contribution in [2.45, 2.75) is 11.7 Å². The summed E-state index contributed by atoms with van der Waals surface area (Å²) in [7, 11) is 1.64. The Bertz CT molecular complexity index is 1110. The van der Waals surface area contributed by atoms with Crippen molar-refractivity contribution in [1.82, 2.24) is 20.1 Å². The molecule has 0 saturated heterocycles. The van der Waals surface area contributed by atoms with Gasteiger partial charge in [0.1, 0.15) is 5.75 Å². The van der Waals surface area contributed by atoms with Crippen LogP contribution in [0.25, 0.3) is 16.4 Å². The van der Waals surface area contributed by atoms with Crippen LogP contribution in [-0.4, -0.2) is 33.5 Å². The standard InChI is InChI=1S/C22H20N4O2S2/c1-28-18-11-6-5-10-17(18)26-21(19-12-7-13-29-19)24-25-22(26)30-15-20(27)23-14-16-8-3-2-4-9-16/h2-13H,14-15H2,1H3,(H,23,27). The number of para-hydroxylation sites is 2. The van der Waals surface area contributed by atoms with Crippen LogP contribution in [0, 0.1) is 0 Å². The Kier molecular flexibility index (Phi) is 6.46. The molecule has 0 radical (unpaired) electrons. The second kappa shape index (κ2) is 9.60. The van der Waals surface area contributed by atoms with E-state index in [1.54, 1.807) is 18.4 Å². The van der Waals surface area contributed by atoms with Crippen molar-refractivity contribution in [1.29, 1.82) is 0 Å². The Labute approximate surface area is 182 Å². The molecule has 0 unspecified atom stereocenters. The van der Waals surface area contributed by atoms with Crippen LogP contribution in [0.5, 0.6) is 5.75 Å². The fourth-order valence-corrected chi connectivity index (χ4v) is 4.41. The van der Waals surface area contributed by atoms with Gasteiger partial charge >= 0.3 is 0 Å². The number of thiophene rings is 1. The predicted octanol–water partition coefficient (Wildman–Crippen LogP) is 4.41. The predicted molar refractivity (Wildman–Crippen MR) is 120 cm³/mol. The summed E-state index contributed by atoms with van der Waals surface area (Å²) in [5, 5.41) is 14.3. The summed E-state index contributed by atoms with van der Waals surface area (Å²) in [4.78, 5) is 13.4. The molecule has 2 aromatic heterocycles. The van der Waals surface area contributed by atoms with Gasteiger partial charge in [-0.2, -0.15) is 0 Å². The highest BCUT2D eigenvalue weighted by Gasteiger charge is 2.20. The number of hydrogen-bond acceptors (Lipinski definition) is 6. The number of methoxy groups -OCH3 is 1. The van der Waals surface area contributed by atoms with Gasteiger partial charge in [-0.15, -0.1) is 21.5 Å². The molecular formula is C22H20N4O2S2. The monoisotopic (exact) mass is 436 g/mol. The summed E-state index contributed by atoms with van der Waals surface area (Å²) in [6.45, 7) is 0.500. The molecule has 4 aromatic rings. The molecule has 0 bridgehead atoms. The maximum atomic E-state index is 12.4. The maximum absolute atomic E-state index is 12.4. The molecule has 0 fully saturated rings. The van der Waals surface area contributed by atoms with Gasteiger partial charge < -0.3 is 10.1 Å². The minimum Gasteiger partial charge on any atom is -0.495 e. The van der Waals surface area contributed by atoms with Crippen molar-refractivity contribution in [2.24, 2.45) is 0 Å². The van der Waals surface area contributed by atoms with Crippen molar-refractivity contribution in [3.05, 3.63) is 77.7 Å². The third kappa shape index (κ3) is 4.55. The topological polar surface area (TPSA) is 69.0 Å². The highest BCUT2D eigenvalue weighted by atomic mass is 32.2. The highest BCUT2D eigenvalue weighted by molar-refractivity contribution is 7.99. The number of rotatable bonds is 8. The molecule has 0 atom stereocenters. The van der Waals surface area contributed by atoms with Crippen LogP contribution in [0.2, 0.25) is 0 Å². The largest absolute Gasteiger partial charge is 0.495 e. The summed E-state index contributed by atoms with van der Waals surface area (Å²) in [5.74, 6) is 1.62. The Morgan fingerprint density at radius 2 is 1.87 bits per heavy atom. The molecule has 0 aliphatic rings. The lowest BCUT2D eigenvalue weighted by atomic mass is 10.2. The SMILES string of the molecule is COc1ccccc1-n1c(SCC(=O)NCc2ccccc2)nnc1-c1cccs1. The number of nitrogens with zero attached hydrogens (tertiary/aromatic N) is 3. The molecule has 2 aromatic carbocycles. The fourth-order valence-electron chi connectivity index (χ4n) is 2.94. The van der Waals surface area contributed by atoms with Gasteiger partial charge in [-0.05, 0) is 29.1 Å². The van der Waals surface area contributed by atoms with Crippen LogP contribution in [0.3, 0.4) is 0 Å². The van der Waals surface area contributed by atoms with Crippen LogP contribution in [-0.2, 0) is 11.3 Å². The Morgan fingerprint density at radius 1 is 1.07 bits per heavy atom. The first-order valence-electron chi connectivity index (χ1n) is 9.32. The Balaban J connectivity index is 1.55. The first-order chi connectivity index (χ1) is 14.8. The van der Waals surface area contributed by atoms with Gasteiger partial charge in [0, 0.05) is 6.54 Å². The molecule has 2 heterocycles. The summed E-state index contributed by atoms with van der Waals surface area (Å²) in [5.41, 5.74) is 1.90. The molecule has 4 rings (SSSR count). The number of aromatic nitrogens is 3. The van der Waals surface area contributed by atoms with E-state index in [1.165, 1.54) is 11.8 Å². The second-order valence-corrected chi connectivity index (χ2v) is 8.23.